The number of amides is 1. The maximum Gasteiger partial charge on any atom is 0.290 e. The molecule has 1 fully saturated rings. The van der Waals surface area contributed by atoms with E-state index in [1.165, 1.54) is 19.1 Å². The van der Waals surface area contributed by atoms with Crippen molar-refractivity contribution in [3.8, 4) is 11.5 Å². The number of ketones is 1. The fourth-order valence-corrected chi connectivity index (χ4v) is 4.74. The maximum atomic E-state index is 13.7. The summed E-state index contributed by atoms with van der Waals surface area (Å²) in [4.78, 5) is 28.4. The van der Waals surface area contributed by atoms with Gasteiger partial charge in [0.2, 0.25) is 5.78 Å². The summed E-state index contributed by atoms with van der Waals surface area (Å²) in [7, 11) is 3.04. The van der Waals surface area contributed by atoms with E-state index in [0.717, 1.165) is 12.8 Å². The highest BCUT2D eigenvalue weighted by Crippen LogP contribution is 2.43. The number of para-hydroxylation sites is 2. The van der Waals surface area contributed by atoms with Gasteiger partial charge in [-0.1, -0.05) is 30.3 Å². The molecule has 1 N–H and O–H groups in total. The standard InChI is InChI=1S/C26H25NO7/c1-31-18-10-4-3-9-17(18)22-21(24(29)26(30)27(22)14-16-8-6-12-33-16)23(28)20-13-15-7-5-11-19(32-2)25(15)34-20/h3-5,7,9-11,13,16,22,29H,6,8,12,14H2,1-2H3. The Kier molecular flexibility index (Phi) is 5.75. The van der Waals surface area contributed by atoms with Gasteiger partial charge in [0.25, 0.3) is 5.91 Å². The van der Waals surface area contributed by atoms with Crippen LogP contribution in [0.3, 0.4) is 0 Å². The first-order valence-electron chi connectivity index (χ1n) is 11.1. The number of fused-ring (bicyclic) bond motifs is 1. The summed E-state index contributed by atoms with van der Waals surface area (Å²) < 4.78 is 22.5. The first-order valence-corrected chi connectivity index (χ1v) is 11.1. The highest BCUT2D eigenvalue weighted by molar-refractivity contribution is 6.16. The Labute approximate surface area is 196 Å². The minimum atomic E-state index is -0.851. The molecule has 8 heteroatoms. The molecule has 2 aromatic carbocycles. The molecule has 0 saturated carbocycles. The number of nitrogens with zero attached hydrogens (tertiary/aromatic N) is 1. The second kappa shape index (κ2) is 8.87. The van der Waals surface area contributed by atoms with Crippen LogP contribution >= 0.6 is 0 Å². The Morgan fingerprint density at radius 1 is 1.12 bits per heavy atom. The summed E-state index contributed by atoms with van der Waals surface area (Å²) >= 11 is 0. The Bertz CT molecular complexity index is 1290. The predicted octanol–water partition coefficient (Wildman–Crippen LogP) is 4.21. The number of hydrogen-bond donors (Lipinski definition) is 1. The third kappa shape index (κ3) is 3.60. The lowest BCUT2D eigenvalue weighted by molar-refractivity contribution is -0.131. The van der Waals surface area contributed by atoms with Crippen molar-refractivity contribution in [1.82, 2.24) is 4.90 Å². The van der Waals surface area contributed by atoms with Gasteiger partial charge in [-0.15, -0.1) is 0 Å². The van der Waals surface area contributed by atoms with E-state index in [-0.39, 0.29) is 24.0 Å². The number of hydrogen-bond acceptors (Lipinski definition) is 7. The van der Waals surface area contributed by atoms with Crippen molar-refractivity contribution >= 4 is 22.7 Å². The van der Waals surface area contributed by atoms with Crippen LogP contribution in [0.5, 0.6) is 11.5 Å². The SMILES string of the molecule is COc1ccccc1C1C(C(=O)c2cc3cccc(OC)c3o2)=C(O)C(=O)N1CC1CCCO1. The van der Waals surface area contributed by atoms with Gasteiger partial charge in [-0.2, -0.15) is 0 Å². The van der Waals surface area contributed by atoms with Crippen molar-refractivity contribution in [1.29, 1.82) is 0 Å². The molecule has 0 radical (unpaired) electrons. The number of carbonyl (C=O) groups excluding carboxylic acids is 2. The molecule has 0 spiro atoms. The zero-order valence-corrected chi connectivity index (χ0v) is 18.9. The van der Waals surface area contributed by atoms with E-state index in [1.54, 1.807) is 48.5 Å². The lowest BCUT2D eigenvalue weighted by Crippen LogP contribution is -2.37. The molecule has 2 atom stereocenters. The summed E-state index contributed by atoms with van der Waals surface area (Å²) in [6, 6.07) is 13.2. The van der Waals surface area contributed by atoms with Gasteiger partial charge in [-0.05, 0) is 31.0 Å². The fraction of sp³-hybridized carbons (Fsp3) is 0.308. The lowest BCUT2D eigenvalue weighted by atomic mass is 9.94. The molecule has 8 nitrogen and oxygen atoms in total. The predicted molar refractivity (Wildman–Crippen MR) is 123 cm³/mol. The number of furan rings is 1. The summed E-state index contributed by atoms with van der Waals surface area (Å²) in [5.41, 5.74) is 0.964. The van der Waals surface area contributed by atoms with Crippen LogP contribution in [-0.4, -0.2) is 55.2 Å². The minimum Gasteiger partial charge on any atom is -0.503 e. The van der Waals surface area contributed by atoms with Crippen LogP contribution in [0.15, 0.2) is 64.3 Å². The Balaban J connectivity index is 1.61. The Hall–Kier alpha value is -3.78. The molecule has 1 aromatic heterocycles. The van der Waals surface area contributed by atoms with Gasteiger partial charge in [0.05, 0.1) is 31.9 Å². The molecule has 0 aliphatic carbocycles. The molecule has 3 heterocycles. The number of rotatable bonds is 7. The average Bonchev–Trinajstić information content (AvgIpc) is 3.59. The average molecular weight is 463 g/mol. The number of ether oxygens (including phenoxy) is 3. The number of benzene rings is 2. The molecule has 1 amide bonds. The zero-order chi connectivity index (χ0) is 23.8. The molecule has 3 aromatic rings. The smallest absolute Gasteiger partial charge is 0.290 e. The van der Waals surface area contributed by atoms with Crippen LogP contribution in [0.2, 0.25) is 0 Å². The lowest BCUT2D eigenvalue weighted by Gasteiger charge is -2.29. The minimum absolute atomic E-state index is 0.00714. The van der Waals surface area contributed by atoms with Gasteiger partial charge >= 0.3 is 0 Å². The van der Waals surface area contributed by atoms with Crippen LogP contribution in [0.1, 0.15) is 35.0 Å². The molecule has 1 saturated heterocycles. The van der Waals surface area contributed by atoms with Crippen molar-refractivity contribution in [2.24, 2.45) is 0 Å². The second-order valence-electron chi connectivity index (χ2n) is 8.32. The molecule has 176 valence electrons. The molecule has 5 rings (SSSR count). The van der Waals surface area contributed by atoms with E-state index in [2.05, 4.69) is 0 Å². The van der Waals surface area contributed by atoms with Crippen LogP contribution in [-0.2, 0) is 9.53 Å². The van der Waals surface area contributed by atoms with Gasteiger partial charge in [-0.3, -0.25) is 9.59 Å². The van der Waals surface area contributed by atoms with Gasteiger partial charge in [0.15, 0.2) is 22.9 Å². The van der Waals surface area contributed by atoms with E-state index in [0.29, 0.717) is 34.6 Å². The Morgan fingerprint density at radius 3 is 2.62 bits per heavy atom. The highest BCUT2D eigenvalue weighted by atomic mass is 16.5. The topological polar surface area (TPSA) is 98.4 Å². The molecule has 0 bridgehead atoms. The third-order valence-electron chi connectivity index (χ3n) is 6.36. The largest absolute Gasteiger partial charge is 0.503 e. The van der Waals surface area contributed by atoms with Gasteiger partial charge < -0.3 is 28.6 Å². The van der Waals surface area contributed by atoms with Crippen molar-refractivity contribution in [3.63, 3.8) is 0 Å². The maximum absolute atomic E-state index is 13.7. The summed E-state index contributed by atoms with van der Waals surface area (Å²) in [5, 5.41) is 11.6. The van der Waals surface area contributed by atoms with Gasteiger partial charge in [0.1, 0.15) is 5.75 Å². The monoisotopic (exact) mass is 463 g/mol. The molecular weight excluding hydrogens is 438 g/mol. The summed E-state index contributed by atoms with van der Waals surface area (Å²) in [5.74, 6) is -0.792. The van der Waals surface area contributed by atoms with E-state index in [4.69, 9.17) is 18.6 Å². The van der Waals surface area contributed by atoms with E-state index in [1.807, 2.05) is 0 Å². The van der Waals surface area contributed by atoms with Crippen LogP contribution < -0.4 is 9.47 Å². The van der Waals surface area contributed by atoms with E-state index in [9.17, 15) is 14.7 Å². The second-order valence-corrected chi connectivity index (χ2v) is 8.32. The Morgan fingerprint density at radius 2 is 1.88 bits per heavy atom. The molecule has 2 aliphatic heterocycles. The van der Waals surface area contributed by atoms with Crippen molar-refractivity contribution in [2.45, 2.75) is 25.0 Å². The van der Waals surface area contributed by atoms with Crippen LogP contribution in [0.4, 0.5) is 0 Å². The first-order chi connectivity index (χ1) is 16.5. The molecular formula is C26H25NO7. The number of aliphatic hydroxyl groups excluding tert-OH is 1. The quantitative estimate of drug-likeness (QED) is 0.524. The van der Waals surface area contributed by atoms with Crippen molar-refractivity contribution in [3.05, 3.63) is 71.2 Å². The molecule has 2 unspecified atom stereocenters. The number of Topliss-reactive ketones (excluding diaryl/α,β-unsaturated/α-hetero) is 1. The van der Waals surface area contributed by atoms with Gasteiger partial charge in [-0.25, -0.2) is 0 Å². The van der Waals surface area contributed by atoms with Crippen molar-refractivity contribution in [2.75, 3.05) is 27.4 Å². The highest BCUT2D eigenvalue weighted by Gasteiger charge is 2.46. The first kappa shape index (κ1) is 22.0. The number of aliphatic hydroxyl groups is 1. The normalized spacial score (nSPS) is 20.4. The molecule has 34 heavy (non-hydrogen) atoms. The van der Waals surface area contributed by atoms with Crippen molar-refractivity contribution < 1.29 is 33.3 Å². The number of carbonyl (C=O) groups is 2. The fourth-order valence-electron chi connectivity index (χ4n) is 4.74. The zero-order valence-electron chi connectivity index (χ0n) is 18.9. The van der Waals surface area contributed by atoms with Crippen LogP contribution in [0.25, 0.3) is 11.0 Å². The summed E-state index contributed by atoms with van der Waals surface area (Å²) in [6.45, 7) is 0.869. The van der Waals surface area contributed by atoms with Gasteiger partial charge in [0, 0.05) is 24.1 Å². The van der Waals surface area contributed by atoms with E-state index < -0.39 is 23.5 Å². The van der Waals surface area contributed by atoms with Crippen LogP contribution in [0, 0.1) is 0 Å². The third-order valence-corrected chi connectivity index (χ3v) is 6.36. The van der Waals surface area contributed by atoms with E-state index >= 15 is 0 Å². The molecule has 2 aliphatic rings. The number of methoxy groups -OCH3 is 2. The summed E-state index contributed by atoms with van der Waals surface area (Å²) in [6.07, 6.45) is 1.53.